The molecule has 9 heteroatoms. The van der Waals surface area contributed by atoms with Gasteiger partial charge < -0.3 is 19.8 Å². The van der Waals surface area contributed by atoms with E-state index in [1.165, 1.54) is 96.3 Å². The van der Waals surface area contributed by atoms with E-state index >= 15 is 0 Å². The van der Waals surface area contributed by atoms with E-state index in [4.69, 9.17) is 9.05 Å². The number of rotatable bonds is 32. The van der Waals surface area contributed by atoms with Crippen LogP contribution >= 0.6 is 7.82 Å². The SMILES string of the molecule is CCCCCCCC/C=C/C=C/[C@@H](O)[C@H](COP(=O)(O)OCC[N+](C)(C)C)NC(=O)CCCCCCCCCCCCCCC. The molecule has 0 spiro atoms. The van der Waals surface area contributed by atoms with Gasteiger partial charge in [-0.25, -0.2) is 4.57 Å². The lowest BCUT2D eigenvalue weighted by molar-refractivity contribution is -0.870. The van der Waals surface area contributed by atoms with E-state index in [2.05, 4.69) is 25.2 Å². The van der Waals surface area contributed by atoms with Crippen LogP contribution in [0, 0.1) is 0 Å². The second kappa shape index (κ2) is 29.1. The summed E-state index contributed by atoms with van der Waals surface area (Å²) in [5.41, 5.74) is 0. The standard InChI is InChI=1S/C36H71N2O6P/c1-6-8-10-12-14-16-18-19-20-22-24-26-28-30-36(40)37-34(33-44-45(41,42)43-32-31-38(3,4)5)35(39)29-27-25-23-21-17-15-13-11-9-7-2/h23,25,27,29,34-35,39H,6-22,24,26,28,30-33H2,1-5H3,(H-,37,40,41,42)/p+1/b25-23+,29-27+/t34-,35+/m0/s1. The highest BCUT2D eigenvalue weighted by Gasteiger charge is 2.27. The molecule has 0 aromatic rings. The summed E-state index contributed by atoms with van der Waals surface area (Å²) in [4.78, 5) is 22.9. The summed E-state index contributed by atoms with van der Waals surface area (Å²) in [5.74, 6) is -0.198. The van der Waals surface area contributed by atoms with E-state index in [1.807, 2.05) is 27.2 Å². The third-order valence-corrected chi connectivity index (χ3v) is 8.96. The summed E-state index contributed by atoms with van der Waals surface area (Å²) >= 11 is 0. The van der Waals surface area contributed by atoms with Gasteiger partial charge in [-0.2, -0.15) is 0 Å². The molecule has 0 rings (SSSR count). The van der Waals surface area contributed by atoms with Crippen molar-refractivity contribution < 1.29 is 32.9 Å². The Bertz CT molecular complexity index is 799. The third kappa shape index (κ3) is 31.4. The van der Waals surface area contributed by atoms with Gasteiger partial charge >= 0.3 is 7.82 Å². The van der Waals surface area contributed by atoms with Gasteiger partial charge in [0, 0.05) is 6.42 Å². The lowest BCUT2D eigenvalue weighted by atomic mass is 10.0. The zero-order valence-corrected chi connectivity index (χ0v) is 30.8. The van der Waals surface area contributed by atoms with Crippen LogP contribution in [0.15, 0.2) is 24.3 Å². The maximum absolute atomic E-state index is 12.7. The molecule has 0 radical (unpaired) electrons. The number of carbonyl (C=O) groups is 1. The Labute approximate surface area is 277 Å². The highest BCUT2D eigenvalue weighted by molar-refractivity contribution is 7.47. The van der Waals surface area contributed by atoms with Crippen molar-refractivity contribution in [3.63, 3.8) is 0 Å². The summed E-state index contributed by atoms with van der Waals surface area (Å²) in [7, 11) is 1.54. The molecule has 0 fully saturated rings. The molecule has 1 unspecified atom stereocenters. The predicted octanol–water partition coefficient (Wildman–Crippen LogP) is 9.02. The Morgan fingerprint density at radius 2 is 1.24 bits per heavy atom. The summed E-state index contributed by atoms with van der Waals surface area (Å²) in [6.45, 7) is 4.72. The number of hydrogen-bond acceptors (Lipinski definition) is 5. The minimum Gasteiger partial charge on any atom is -0.387 e. The van der Waals surface area contributed by atoms with Crippen LogP contribution in [0.3, 0.4) is 0 Å². The van der Waals surface area contributed by atoms with E-state index in [0.29, 0.717) is 17.4 Å². The van der Waals surface area contributed by atoms with Crippen molar-refractivity contribution in [2.45, 2.75) is 161 Å². The number of nitrogens with zero attached hydrogens (tertiary/aromatic N) is 1. The van der Waals surface area contributed by atoms with E-state index in [0.717, 1.165) is 32.1 Å². The molecule has 0 aliphatic carbocycles. The number of carbonyl (C=O) groups excluding carboxylic acids is 1. The number of allylic oxidation sites excluding steroid dienone is 3. The Balaban J connectivity index is 4.60. The van der Waals surface area contributed by atoms with Crippen LogP contribution < -0.4 is 5.32 Å². The molecule has 3 atom stereocenters. The smallest absolute Gasteiger partial charge is 0.387 e. The number of nitrogens with one attached hydrogen (secondary N) is 1. The van der Waals surface area contributed by atoms with Gasteiger partial charge in [-0.1, -0.05) is 147 Å². The normalized spacial score (nSPS) is 15.1. The molecule has 0 saturated heterocycles. The first-order valence-corrected chi connectivity index (χ1v) is 19.7. The van der Waals surface area contributed by atoms with Crippen molar-refractivity contribution in [3.8, 4) is 0 Å². The molecule has 0 aromatic carbocycles. The van der Waals surface area contributed by atoms with E-state index in [-0.39, 0.29) is 19.1 Å². The van der Waals surface area contributed by atoms with Crippen LogP contribution in [0.4, 0.5) is 0 Å². The van der Waals surface area contributed by atoms with Crippen molar-refractivity contribution in [1.82, 2.24) is 5.32 Å². The number of aliphatic hydroxyl groups is 1. The highest BCUT2D eigenvalue weighted by Crippen LogP contribution is 2.43. The number of phosphoric ester groups is 1. The van der Waals surface area contributed by atoms with Gasteiger partial charge in [-0.05, 0) is 19.3 Å². The topological polar surface area (TPSA) is 105 Å². The van der Waals surface area contributed by atoms with Gasteiger partial charge in [0.05, 0.1) is 39.9 Å². The van der Waals surface area contributed by atoms with Crippen molar-refractivity contribution in [2.24, 2.45) is 0 Å². The van der Waals surface area contributed by atoms with Crippen LogP contribution in [0.2, 0.25) is 0 Å². The van der Waals surface area contributed by atoms with E-state index in [9.17, 15) is 19.4 Å². The average molecular weight is 660 g/mol. The number of quaternary nitrogens is 1. The molecule has 8 nitrogen and oxygen atoms in total. The van der Waals surface area contributed by atoms with Gasteiger partial charge in [0.1, 0.15) is 13.2 Å². The number of aliphatic hydroxyl groups excluding tert-OH is 1. The number of likely N-dealkylation sites (N-methyl/N-ethyl adjacent to an activating group) is 1. The fourth-order valence-corrected chi connectivity index (χ4v) is 5.72. The van der Waals surface area contributed by atoms with Gasteiger partial charge in [0.2, 0.25) is 5.91 Å². The van der Waals surface area contributed by atoms with Gasteiger partial charge in [0.25, 0.3) is 0 Å². The zero-order valence-electron chi connectivity index (χ0n) is 29.9. The Hall–Kier alpha value is -1.02. The van der Waals surface area contributed by atoms with Crippen LogP contribution in [0.25, 0.3) is 0 Å². The average Bonchev–Trinajstić information content (AvgIpc) is 2.97. The molecular formula is C36H72N2O6P+. The Morgan fingerprint density at radius 1 is 0.756 bits per heavy atom. The summed E-state index contributed by atoms with van der Waals surface area (Å²) < 4.78 is 23.3. The molecule has 3 N–H and O–H groups in total. The van der Waals surface area contributed by atoms with Crippen molar-refractivity contribution in [2.75, 3.05) is 40.9 Å². The highest BCUT2D eigenvalue weighted by atomic mass is 31.2. The number of amides is 1. The fraction of sp³-hybridized carbons (Fsp3) is 0.861. The molecule has 0 saturated carbocycles. The quantitative estimate of drug-likeness (QED) is 0.0288. The Kier molecular flexibility index (Phi) is 28.5. The first-order valence-electron chi connectivity index (χ1n) is 18.2. The van der Waals surface area contributed by atoms with Crippen LogP contribution in [0.1, 0.15) is 149 Å². The maximum atomic E-state index is 12.7. The molecule has 0 aliphatic heterocycles. The first-order chi connectivity index (χ1) is 21.5. The lowest BCUT2D eigenvalue weighted by Gasteiger charge is -2.25. The van der Waals surface area contributed by atoms with Gasteiger partial charge in [0.15, 0.2) is 0 Å². The maximum Gasteiger partial charge on any atom is 0.472 e. The summed E-state index contributed by atoms with van der Waals surface area (Å²) in [6.07, 6.45) is 31.1. The van der Waals surface area contributed by atoms with Crippen LogP contribution in [0.5, 0.6) is 0 Å². The lowest BCUT2D eigenvalue weighted by Crippen LogP contribution is -2.45. The summed E-state index contributed by atoms with van der Waals surface area (Å²) in [5, 5.41) is 13.6. The summed E-state index contributed by atoms with van der Waals surface area (Å²) in [6, 6.07) is -0.870. The van der Waals surface area contributed by atoms with Crippen LogP contribution in [-0.4, -0.2) is 73.4 Å². The van der Waals surface area contributed by atoms with E-state index < -0.39 is 20.0 Å². The molecule has 0 heterocycles. The first kappa shape index (κ1) is 44.0. The molecular weight excluding hydrogens is 587 g/mol. The molecule has 0 aromatic heterocycles. The molecule has 1 amide bonds. The monoisotopic (exact) mass is 660 g/mol. The minimum absolute atomic E-state index is 0.0548. The number of phosphoric acid groups is 1. The van der Waals surface area contributed by atoms with Crippen molar-refractivity contribution >= 4 is 13.7 Å². The third-order valence-electron chi connectivity index (χ3n) is 7.98. The van der Waals surface area contributed by atoms with Gasteiger partial charge in [-0.3, -0.25) is 13.8 Å². The predicted molar refractivity (Wildman–Crippen MR) is 189 cm³/mol. The molecule has 45 heavy (non-hydrogen) atoms. The number of hydrogen-bond donors (Lipinski definition) is 3. The van der Waals surface area contributed by atoms with Crippen LogP contribution in [-0.2, 0) is 18.4 Å². The van der Waals surface area contributed by atoms with Crippen molar-refractivity contribution in [3.05, 3.63) is 24.3 Å². The molecule has 0 aliphatic rings. The van der Waals surface area contributed by atoms with Gasteiger partial charge in [-0.15, -0.1) is 0 Å². The van der Waals surface area contributed by atoms with Crippen molar-refractivity contribution in [1.29, 1.82) is 0 Å². The van der Waals surface area contributed by atoms with E-state index in [1.54, 1.807) is 12.2 Å². The zero-order chi connectivity index (χ0) is 33.7. The molecule has 266 valence electrons. The minimum atomic E-state index is -4.33. The largest absolute Gasteiger partial charge is 0.472 e. The fourth-order valence-electron chi connectivity index (χ4n) is 4.98. The second-order valence-electron chi connectivity index (χ2n) is 13.6. The number of unbranched alkanes of at least 4 members (excludes halogenated alkanes) is 18. The second-order valence-corrected chi connectivity index (χ2v) is 15.1. The molecule has 0 bridgehead atoms. The Morgan fingerprint density at radius 3 is 1.76 bits per heavy atom.